The van der Waals surface area contributed by atoms with Gasteiger partial charge in [-0.1, -0.05) is 31.2 Å². The summed E-state index contributed by atoms with van der Waals surface area (Å²) in [6, 6.07) is 16.3. The predicted octanol–water partition coefficient (Wildman–Crippen LogP) is 3.91. The third-order valence-electron chi connectivity index (χ3n) is 3.06. The molecule has 0 aliphatic heterocycles. The fraction of sp³-hybridized carbons (Fsp3) is 0.143. The Morgan fingerprint density at radius 1 is 0.889 bits per heavy atom. The van der Waals surface area contributed by atoms with Crippen molar-refractivity contribution in [3.8, 4) is 11.5 Å². The SMILES string of the molecule is CC(c1ccc(OP)cc1)c1ccc(O[PH3+])cc1. The molecule has 0 heterocycles. The maximum atomic E-state index is 5.19. The van der Waals surface area contributed by atoms with Gasteiger partial charge in [-0.25, -0.2) is 0 Å². The Balaban J connectivity index is 2.20. The van der Waals surface area contributed by atoms with Crippen molar-refractivity contribution < 1.29 is 9.05 Å². The molecule has 0 saturated heterocycles. The van der Waals surface area contributed by atoms with Crippen LogP contribution in [0.2, 0.25) is 0 Å². The number of benzene rings is 2. The molecular formula is C14H17O2P2+. The standard InChI is InChI=1S/C14H17O2P2/c1-10(11-2-6-13(15-17)7-3-11)12-4-8-14(16-18)9-5-12/h2-10H,17H2,1,18H3/q+1. The van der Waals surface area contributed by atoms with Crippen LogP contribution in [0.25, 0.3) is 0 Å². The molecule has 3 atom stereocenters. The first-order valence-electron chi connectivity index (χ1n) is 5.73. The smallest absolute Gasteiger partial charge is 0.172 e. The first-order valence-corrected chi connectivity index (χ1v) is 6.78. The maximum Gasteiger partial charge on any atom is 0.172 e. The Morgan fingerprint density at radius 3 is 1.72 bits per heavy atom. The second kappa shape index (κ2) is 6.18. The molecule has 0 spiro atoms. The Morgan fingerprint density at radius 2 is 1.33 bits per heavy atom. The van der Waals surface area contributed by atoms with Gasteiger partial charge in [-0.15, -0.1) is 0 Å². The van der Waals surface area contributed by atoms with Crippen LogP contribution in [0, 0.1) is 0 Å². The molecule has 3 unspecified atom stereocenters. The summed E-state index contributed by atoms with van der Waals surface area (Å²) >= 11 is 0. The van der Waals surface area contributed by atoms with Crippen LogP contribution in [0.15, 0.2) is 48.5 Å². The molecular weight excluding hydrogens is 262 g/mol. The molecule has 2 aromatic rings. The molecule has 0 N–H and O–H groups in total. The van der Waals surface area contributed by atoms with Crippen LogP contribution in [0.4, 0.5) is 0 Å². The van der Waals surface area contributed by atoms with Gasteiger partial charge in [-0.2, -0.15) is 0 Å². The molecule has 0 amide bonds. The summed E-state index contributed by atoms with van der Waals surface area (Å²) in [4.78, 5) is 0. The lowest BCUT2D eigenvalue weighted by atomic mass is 9.93. The van der Waals surface area contributed by atoms with E-state index in [4.69, 9.17) is 9.05 Å². The average Bonchev–Trinajstić information content (AvgIpc) is 2.47. The summed E-state index contributed by atoms with van der Waals surface area (Å²) in [5.74, 6) is 2.11. The second-order valence-electron chi connectivity index (χ2n) is 4.12. The summed E-state index contributed by atoms with van der Waals surface area (Å²) in [6.07, 6.45) is 0. The largest absolute Gasteiger partial charge is 0.480 e. The van der Waals surface area contributed by atoms with Gasteiger partial charge in [0.05, 0.1) is 9.47 Å². The molecule has 2 nitrogen and oxygen atoms in total. The van der Waals surface area contributed by atoms with Crippen molar-refractivity contribution in [3.63, 3.8) is 0 Å². The number of rotatable bonds is 4. The van der Waals surface area contributed by atoms with Crippen molar-refractivity contribution >= 4 is 18.9 Å². The summed E-state index contributed by atoms with van der Waals surface area (Å²) in [7, 11) is 3.74. The molecule has 4 heteroatoms. The van der Waals surface area contributed by atoms with Crippen LogP contribution < -0.4 is 9.05 Å². The van der Waals surface area contributed by atoms with Gasteiger partial charge in [-0.3, -0.25) is 0 Å². The zero-order chi connectivity index (χ0) is 13.0. The van der Waals surface area contributed by atoms with Crippen molar-refractivity contribution in [2.24, 2.45) is 0 Å². The molecule has 0 fully saturated rings. The predicted molar refractivity (Wildman–Crippen MR) is 82.5 cm³/mol. The topological polar surface area (TPSA) is 18.5 Å². The van der Waals surface area contributed by atoms with Gasteiger partial charge < -0.3 is 9.05 Å². The number of hydrogen-bond acceptors (Lipinski definition) is 2. The lowest BCUT2D eigenvalue weighted by Gasteiger charge is -2.13. The Kier molecular flexibility index (Phi) is 4.58. The van der Waals surface area contributed by atoms with Crippen LogP contribution >= 0.6 is 18.9 Å². The first-order chi connectivity index (χ1) is 8.74. The van der Waals surface area contributed by atoms with Gasteiger partial charge in [0.1, 0.15) is 5.75 Å². The van der Waals surface area contributed by atoms with Gasteiger partial charge in [0.25, 0.3) is 0 Å². The monoisotopic (exact) mass is 279 g/mol. The molecule has 18 heavy (non-hydrogen) atoms. The van der Waals surface area contributed by atoms with E-state index in [1.165, 1.54) is 20.6 Å². The minimum absolute atomic E-state index is 0.358. The van der Waals surface area contributed by atoms with Gasteiger partial charge in [0, 0.05) is 5.92 Å². The molecule has 2 rings (SSSR count). The highest BCUT2D eigenvalue weighted by atomic mass is 31.0. The minimum Gasteiger partial charge on any atom is -0.480 e. The molecule has 2 aromatic carbocycles. The van der Waals surface area contributed by atoms with E-state index in [2.05, 4.69) is 40.7 Å². The van der Waals surface area contributed by atoms with Crippen LogP contribution in [0.5, 0.6) is 11.5 Å². The lowest BCUT2D eigenvalue weighted by molar-refractivity contribution is 0.644. The van der Waals surface area contributed by atoms with Crippen molar-refractivity contribution in [3.05, 3.63) is 59.7 Å². The Hall–Kier alpha value is -1.10. The van der Waals surface area contributed by atoms with E-state index in [1.807, 2.05) is 24.3 Å². The summed E-state index contributed by atoms with van der Waals surface area (Å²) in [6.45, 7) is 2.19. The van der Waals surface area contributed by atoms with E-state index < -0.39 is 0 Å². The zero-order valence-corrected chi connectivity index (χ0v) is 12.9. The third-order valence-corrected chi connectivity index (χ3v) is 3.67. The van der Waals surface area contributed by atoms with E-state index in [9.17, 15) is 0 Å². The Labute approximate surface area is 112 Å². The van der Waals surface area contributed by atoms with Crippen LogP contribution in [0.3, 0.4) is 0 Å². The quantitative estimate of drug-likeness (QED) is 0.790. The van der Waals surface area contributed by atoms with Crippen molar-refractivity contribution in [1.82, 2.24) is 0 Å². The van der Waals surface area contributed by atoms with E-state index in [1.54, 1.807) is 0 Å². The number of hydrogen-bond donors (Lipinski definition) is 0. The summed E-state index contributed by atoms with van der Waals surface area (Å²) < 4.78 is 10.3. The molecule has 94 valence electrons. The van der Waals surface area contributed by atoms with E-state index in [0.717, 1.165) is 11.5 Å². The molecule has 0 aliphatic carbocycles. The van der Waals surface area contributed by atoms with Crippen LogP contribution in [-0.2, 0) is 0 Å². The third kappa shape index (κ3) is 3.02. The van der Waals surface area contributed by atoms with Crippen molar-refractivity contribution in [2.45, 2.75) is 12.8 Å². The van der Waals surface area contributed by atoms with Gasteiger partial charge in [0.15, 0.2) is 15.2 Å². The van der Waals surface area contributed by atoms with Crippen molar-refractivity contribution in [2.75, 3.05) is 0 Å². The van der Waals surface area contributed by atoms with E-state index >= 15 is 0 Å². The average molecular weight is 279 g/mol. The zero-order valence-electron chi connectivity index (χ0n) is 10.3. The van der Waals surface area contributed by atoms with Gasteiger partial charge >= 0.3 is 0 Å². The molecule has 0 radical (unpaired) electrons. The summed E-state index contributed by atoms with van der Waals surface area (Å²) in [5.41, 5.74) is 2.55. The highest BCUT2D eigenvalue weighted by Crippen LogP contribution is 2.27. The van der Waals surface area contributed by atoms with E-state index in [-0.39, 0.29) is 0 Å². The molecule has 0 bridgehead atoms. The molecule has 0 saturated carbocycles. The Bertz CT molecular complexity index is 447. The fourth-order valence-electron chi connectivity index (χ4n) is 1.88. The maximum absolute atomic E-state index is 5.19. The molecule has 0 aromatic heterocycles. The fourth-order valence-corrected chi connectivity index (χ4v) is 2.23. The van der Waals surface area contributed by atoms with Crippen LogP contribution in [0.1, 0.15) is 24.0 Å². The second-order valence-corrected chi connectivity index (χ2v) is 4.65. The first kappa shape index (κ1) is 13.3. The summed E-state index contributed by atoms with van der Waals surface area (Å²) in [5, 5.41) is 0. The highest BCUT2D eigenvalue weighted by molar-refractivity contribution is 7.10. The van der Waals surface area contributed by atoms with Gasteiger partial charge in [0.2, 0.25) is 0 Å². The minimum atomic E-state index is 0.358. The normalized spacial score (nSPS) is 12.1. The van der Waals surface area contributed by atoms with Crippen LogP contribution in [-0.4, -0.2) is 0 Å². The lowest BCUT2D eigenvalue weighted by Crippen LogP contribution is -1.95. The van der Waals surface area contributed by atoms with E-state index in [0.29, 0.717) is 5.92 Å². The van der Waals surface area contributed by atoms with Crippen molar-refractivity contribution in [1.29, 1.82) is 0 Å². The highest BCUT2D eigenvalue weighted by Gasteiger charge is 2.08. The molecule has 0 aliphatic rings. The van der Waals surface area contributed by atoms with Gasteiger partial charge in [-0.05, 0) is 35.4 Å².